The first-order valence-electron chi connectivity index (χ1n) is 10.2. The highest BCUT2D eigenvalue weighted by Crippen LogP contribution is 2.38. The number of likely N-dealkylation sites (tertiary alicyclic amines) is 1. The van der Waals surface area contributed by atoms with Gasteiger partial charge in [-0.1, -0.05) is 5.16 Å². The fourth-order valence-electron chi connectivity index (χ4n) is 3.83. The van der Waals surface area contributed by atoms with E-state index in [1.165, 1.54) is 18.3 Å². The zero-order valence-electron chi connectivity index (χ0n) is 17.5. The van der Waals surface area contributed by atoms with Crippen LogP contribution in [0, 0.1) is 12.7 Å². The lowest BCUT2D eigenvalue weighted by Crippen LogP contribution is -2.46. The molecule has 0 spiro atoms. The normalized spacial score (nSPS) is 15.8. The van der Waals surface area contributed by atoms with Gasteiger partial charge in [0.15, 0.2) is 5.82 Å². The highest BCUT2D eigenvalue weighted by atomic mass is 19.1. The summed E-state index contributed by atoms with van der Waals surface area (Å²) in [6.07, 6.45) is 5.15. The van der Waals surface area contributed by atoms with Crippen LogP contribution in [0.1, 0.15) is 41.3 Å². The number of aryl methyl sites for hydroxylation is 1. The molecule has 0 radical (unpaired) electrons. The third-order valence-corrected chi connectivity index (χ3v) is 5.78. The molecule has 2 aromatic heterocycles. The summed E-state index contributed by atoms with van der Waals surface area (Å²) in [6, 6.07) is 5.94. The van der Waals surface area contributed by atoms with E-state index in [1.807, 2.05) is 6.92 Å². The first-order valence-corrected chi connectivity index (χ1v) is 10.2. The van der Waals surface area contributed by atoms with E-state index in [2.05, 4.69) is 20.1 Å². The summed E-state index contributed by atoms with van der Waals surface area (Å²) in [7, 11) is 1.66. The molecule has 0 N–H and O–H groups in total. The van der Waals surface area contributed by atoms with Crippen molar-refractivity contribution >= 4 is 5.91 Å². The predicted molar refractivity (Wildman–Crippen MR) is 110 cm³/mol. The van der Waals surface area contributed by atoms with Gasteiger partial charge < -0.3 is 14.2 Å². The first-order chi connectivity index (χ1) is 15.0. The second-order valence-corrected chi connectivity index (χ2v) is 7.79. The second kappa shape index (κ2) is 8.89. The zero-order valence-corrected chi connectivity index (χ0v) is 17.5. The SMILES string of the molecule is COCCC1(c2noc(-c3ccc(F)cc3)n2)CCN(C(=O)c2cnc(C)cn2)CC1. The molecule has 1 aliphatic rings. The number of methoxy groups -OCH3 is 1. The molecule has 1 amide bonds. The zero-order chi connectivity index (χ0) is 21.8. The molecule has 0 bridgehead atoms. The Morgan fingerprint density at radius 1 is 1.19 bits per heavy atom. The minimum absolute atomic E-state index is 0.132. The van der Waals surface area contributed by atoms with E-state index in [9.17, 15) is 9.18 Å². The molecule has 8 nitrogen and oxygen atoms in total. The quantitative estimate of drug-likeness (QED) is 0.599. The summed E-state index contributed by atoms with van der Waals surface area (Å²) >= 11 is 0. The molecule has 1 fully saturated rings. The number of rotatable bonds is 6. The van der Waals surface area contributed by atoms with E-state index in [0.717, 1.165) is 5.69 Å². The molecule has 9 heteroatoms. The van der Waals surface area contributed by atoms with Crippen molar-refractivity contribution in [2.75, 3.05) is 26.8 Å². The van der Waals surface area contributed by atoms with Gasteiger partial charge in [0.25, 0.3) is 11.8 Å². The largest absolute Gasteiger partial charge is 0.385 e. The van der Waals surface area contributed by atoms with Gasteiger partial charge in [-0.2, -0.15) is 4.98 Å². The molecule has 0 saturated carbocycles. The highest BCUT2D eigenvalue weighted by molar-refractivity contribution is 5.92. The topological polar surface area (TPSA) is 94.2 Å². The molecule has 4 rings (SSSR count). The number of carbonyl (C=O) groups is 1. The predicted octanol–water partition coefficient (Wildman–Crippen LogP) is 3.18. The fourth-order valence-corrected chi connectivity index (χ4v) is 3.83. The lowest BCUT2D eigenvalue weighted by atomic mass is 9.75. The maximum Gasteiger partial charge on any atom is 0.274 e. The van der Waals surface area contributed by atoms with Gasteiger partial charge in [0.05, 0.1) is 11.9 Å². The van der Waals surface area contributed by atoms with Crippen molar-refractivity contribution in [3.05, 3.63) is 59.7 Å². The molecule has 0 unspecified atom stereocenters. The minimum Gasteiger partial charge on any atom is -0.385 e. The van der Waals surface area contributed by atoms with E-state index in [4.69, 9.17) is 9.26 Å². The molecule has 3 aromatic rings. The fraction of sp³-hybridized carbons (Fsp3) is 0.409. The number of ether oxygens (including phenoxy) is 1. The number of hydrogen-bond acceptors (Lipinski definition) is 7. The van der Waals surface area contributed by atoms with E-state index >= 15 is 0 Å². The Hall–Kier alpha value is -3.20. The average molecular weight is 425 g/mol. The third-order valence-electron chi connectivity index (χ3n) is 5.78. The standard InChI is InChI=1S/C22H24FN5O3/c1-15-13-25-18(14-24-15)20(29)28-10-7-22(8-11-28,9-12-30-2)21-26-19(31-27-21)16-3-5-17(23)6-4-16/h3-6,13-14H,7-12H2,1-2H3. The maximum atomic E-state index is 13.2. The van der Waals surface area contributed by atoms with Crippen LogP contribution in [0.5, 0.6) is 0 Å². The van der Waals surface area contributed by atoms with Crippen LogP contribution in [0.4, 0.5) is 4.39 Å². The Labute approximate surface area is 179 Å². The summed E-state index contributed by atoms with van der Waals surface area (Å²) in [5.41, 5.74) is 1.40. The van der Waals surface area contributed by atoms with Gasteiger partial charge in [-0.15, -0.1) is 0 Å². The Morgan fingerprint density at radius 3 is 2.58 bits per heavy atom. The highest BCUT2D eigenvalue weighted by Gasteiger charge is 2.41. The molecule has 1 aliphatic heterocycles. The number of benzene rings is 1. The van der Waals surface area contributed by atoms with E-state index in [0.29, 0.717) is 61.9 Å². The van der Waals surface area contributed by atoms with Crippen LogP contribution in [0.15, 0.2) is 41.2 Å². The van der Waals surface area contributed by atoms with E-state index in [1.54, 1.807) is 30.3 Å². The maximum absolute atomic E-state index is 13.2. The molecule has 0 atom stereocenters. The Balaban J connectivity index is 1.52. The molecule has 162 valence electrons. The average Bonchev–Trinajstić information content (AvgIpc) is 3.30. The van der Waals surface area contributed by atoms with Gasteiger partial charge in [-0.05, 0) is 50.5 Å². The van der Waals surface area contributed by atoms with Gasteiger partial charge in [0.1, 0.15) is 11.5 Å². The van der Waals surface area contributed by atoms with Crippen LogP contribution in [0.25, 0.3) is 11.5 Å². The van der Waals surface area contributed by atoms with Crippen molar-refractivity contribution < 1.29 is 18.4 Å². The number of piperidine rings is 1. The molecule has 31 heavy (non-hydrogen) atoms. The van der Waals surface area contributed by atoms with Crippen LogP contribution >= 0.6 is 0 Å². The smallest absolute Gasteiger partial charge is 0.274 e. The lowest BCUT2D eigenvalue weighted by molar-refractivity contribution is 0.0610. The molecule has 0 aliphatic carbocycles. The van der Waals surface area contributed by atoms with Crippen LogP contribution in [0.3, 0.4) is 0 Å². The third kappa shape index (κ3) is 4.46. The molecule has 1 aromatic carbocycles. The number of amides is 1. The monoisotopic (exact) mass is 425 g/mol. The molecule has 1 saturated heterocycles. The summed E-state index contributed by atoms with van der Waals surface area (Å²) in [5.74, 6) is 0.481. The van der Waals surface area contributed by atoms with Crippen LogP contribution in [0.2, 0.25) is 0 Å². The van der Waals surface area contributed by atoms with Gasteiger partial charge in [0, 0.05) is 44.0 Å². The van der Waals surface area contributed by atoms with Crippen molar-refractivity contribution in [2.45, 2.75) is 31.6 Å². The van der Waals surface area contributed by atoms with Crippen molar-refractivity contribution in [3.8, 4) is 11.5 Å². The number of halogens is 1. The Bertz CT molecular complexity index is 1030. The van der Waals surface area contributed by atoms with Crippen molar-refractivity contribution in [1.29, 1.82) is 0 Å². The van der Waals surface area contributed by atoms with Gasteiger partial charge in [0.2, 0.25) is 0 Å². The number of nitrogens with zero attached hydrogens (tertiary/aromatic N) is 5. The first kappa shape index (κ1) is 21.0. The summed E-state index contributed by atoms with van der Waals surface area (Å²) in [4.78, 5) is 27.6. The van der Waals surface area contributed by atoms with Gasteiger partial charge >= 0.3 is 0 Å². The molecule has 3 heterocycles. The Kier molecular flexibility index (Phi) is 6.03. The summed E-state index contributed by atoms with van der Waals surface area (Å²) in [5, 5.41) is 4.24. The van der Waals surface area contributed by atoms with Crippen molar-refractivity contribution in [2.24, 2.45) is 0 Å². The van der Waals surface area contributed by atoms with Crippen LogP contribution in [-0.4, -0.2) is 57.7 Å². The van der Waals surface area contributed by atoms with Gasteiger partial charge in [-0.25, -0.2) is 9.37 Å². The number of aromatic nitrogens is 4. The lowest BCUT2D eigenvalue weighted by Gasteiger charge is -2.39. The number of carbonyl (C=O) groups excluding carboxylic acids is 1. The minimum atomic E-state index is -0.368. The van der Waals surface area contributed by atoms with Crippen molar-refractivity contribution in [1.82, 2.24) is 25.0 Å². The van der Waals surface area contributed by atoms with Crippen LogP contribution in [-0.2, 0) is 10.2 Å². The van der Waals surface area contributed by atoms with E-state index < -0.39 is 0 Å². The second-order valence-electron chi connectivity index (χ2n) is 7.79. The van der Waals surface area contributed by atoms with Crippen molar-refractivity contribution in [3.63, 3.8) is 0 Å². The Morgan fingerprint density at radius 2 is 1.94 bits per heavy atom. The van der Waals surface area contributed by atoms with Crippen LogP contribution < -0.4 is 0 Å². The molecular formula is C22H24FN5O3. The summed E-state index contributed by atoms with van der Waals surface area (Å²) < 4.78 is 24.0. The molecular weight excluding hydrogens is 401 g/mol. The summed E-state index contributed by atoms with van der Waals surface area (Å²) in [6.45, 7) is 3.45. The van der Waals surface area contributed by atoms with E-state index in [-0.39, 0.29) is 17.1 Å². The number of hydrogen-bond donors (Lipinski definition) is 0. The van der Waals surface area contributed by atoms with Gasteiger partial charge in [-0.3, -0.25) is 9.78 Å².